The molecule has 0 fully saturated rings. The van der Waals surface area contributed by atoms with Crippen LogP contribution in [-0.4, -0.2) is 20.1 Å². The van der Waals surface area contributed by atoms with E-state index >= 15 is 0 Å². The number of halogens is 2. The summed E-state index contributed by atoms with van der Waals surface area (Å²) in [6.07, 6.45) is 4.10. The number of likely N-dealkylation sites (N-methyl/N-ethyl adjacent to an activating group) is 1. The fourth-order valence-electron chi connectivity index (χ4n) is 3.49. The van der Waals surface area contributed by atoms with Crippen molar-refractivity contribution in [2.24, 2.45) is 0 Å². The Morgan fingerprint density at radius 2 is 1.79 bits per heavy atom. The molecule has 0 bridgehead atoms. The minimum atomic E-state index is -0.930. The number of carbonyl (C=O) groups excluding carboxylic acids is 1. The number of methoxy groups -OCH3 is 1. The highest BCUT2D eigenvalue weighted by Gasteiger charge is 2.33. The molecule has 6 heteroatoms. The van der Waals surface area contributed by atoms with Crippen molar-refractivity contribution in [2.45, 2.75) is 6.42 Å². The highest BCUT2D eigenvalue weighted by molar-refractivity contribution is 6.22. The van der Waals surface area contributed by atoms with E-state index in [-0.39, 0.29) is 5.57 Å². The molecule has 28 heavy (non-hydrogen) atoms. The SMILES string of the molecule is COC1=CCC2=C(C(=O)Oc3c(F)cccc3F)c3ccccc3N(C)C2=C1. The number of rotatable bonds is 3. The normalized spacial score (nSPS) is 15.4. The lowest BCUT2D eigenvalue weighted by molar-refractivity contribution is -0.128. The number of hydrogen-bond acceptors (Lipinski definition) is 4. The standard InChI is InChI=1S/C22H17F2NO3/c1-25-18-9-4-3-6-14(18)20(15-11-10-13(27-2)12-19(15)25)22(26)28-21-16(23)7-5-8-17(21)24/h3-10,12H,11H2,1-2H3. The molecule has 1 heterocycles. The minimum Gasteiger partial charge on any atom is -0.497 e. The summed E-state index contributed by atoms with van der Waals surface area (Å²) in [6, 6.07) is 10.6. The van der Waals surface area contributed by atoms with E-state index in [1.54, 1.807) is 19.2 Å². The first-order valence-corrected chi connectivity index (χ1v) is 8.70. The van der Waals surface area contributed by atoms with Crippen molar-refractivity contribution in [1.82, 2.24) is 0 Å². The molecule has 142 valence electrons. The summed E-state index contributed by atoms with van der Waals surface area (Å²) in [4.78, 5) is 15.0. The molecule has 0 aromatic heterocycles. The van der Waals surface area contributed by atoms with Gasteiger partial charge in [0.25, 0.3) is 0 Å². The van der Waals surface area contributed by atoms with Crippen LogP contribution in [0.1, 0.15) is 12.0 Å². The average molecular weight is 381 g/mol. The Morgan fingerprint density at radius 1 is 1.07 bits per heavy atom. The van der Waals surface area contributed by atoms with Crippen LogP contribution in [0.25, 0.3) is 5.57 Å². The van der Waals surface area contributed by atoms with Gasteiger partial charge in [0.15, 0.2) is 11.6 Å². The van der Waals surface area contributed by atoms with Gasteiger partial charge in [-0.3, -0.25) is 0 Å². The molecule has 0 radical (unpaired) electrons. The second-order valence-electron chi connectivity index (χ2n) is 6.41. The molecule has 2 aromatic carbocycles. The van der Waals surface area contributed by atoms with E-state index < -0.39 is 23.4 Å². The van der Waals surface area contributed by atoms with Crippen LogP contribution in [0.2, 0.25) is 0 Å². The van der Waals surface area contributed by atoms with E-state index in [0.29, 0.717) is 23.3 Å². The van der Waals surface area contributed by atoms with Crippen molar-refractivity contribution in [1.29, 1.82) is 0 Å². The Kier molecular flexibility index (Phi) is 4.47. The Labute approximate surface area is 161 Å². The molecule has 2 aromatic rings. The van der Waals surface area contributed by atoms with E-state index in [4.69, 9.17) is 9.47 Å². The number of benzene rings is 2. The second-order valence-corrected chi connectivity index (χ2v) is 6.41. The Hall–Kier alpha value is -3.41. The zero-order chi connectivity index (χ0) is 19.8. The van der Waals surface area contributed by atoms with E-state index in [2.05, 4.69) is 0 Å². The molecular weight excluding hydrogens is 364 g/mol. The quantitative estimate of drug-likeness (QED) is 0.576. The monoisotopic (exact) mass is 381 g/mol. The lowest BCUT2D eigenvalue weighted by Crippen LogP contribution is -2.28. The molecular formula is C22H17F2NO3. The maximum atomic E-state index is 14.0. The smallest absolute Gasteiger partial charge is 0.344 e. The summed E-state index contributed by atoms with van der Waals surface area (Å²) in [5, 5.41) is 0. The summed E-state index contributed by atoms with van der Waals surface area (Å²) < 4.78 is 38.5. The van der Waals surface area contributed by atoms with Crippen LogP contribution in [0.4, 0.5) is 14.5 Å². The fourth-order valence-corrected chi connectivity index (χ4v) is 3.49. The first-order chi connectivity index (χ1) is 13.5. The molecule has 0 N–H and O–H groups in total. The molecule has 4 rings (SSSR count). The van der Waals surface area contributed by atoms with Gasteiger partial charge < -0.3 is 14.4 Å². The van der Waals surface area contributed by atoms with Crippen LogP contribution in [0.15, 0.2) is 71.6 Å². The number of para-hydroxylation sites is 2. The van der Waals surface area contributed by atoms with Crippen molar-refractivity contribution >= 4 is 17.2 Å². The number of allylic oxidation sites excluding steroid dienone is 3. The third-order valence-corrected chi connectivity index (χ3v) is 4.85. The molecule has 0 spiro atoms. The van der Waals surface area contributed by atoms with Gasteiger partial charge in [0.05, 0.1) is 12.7 Å². The number of anilines is 1. The van der Waals surface area contributed by atoms with Crippen molar-refractivity contribution in [3.63, 3.8) is 0 Å². The second kappa shape index (κ2) is 6.96. The summed E-state index contributed by atoms with van der Waals surface area (Å²) in [5.41, 5.74) is 3.21. The predicted octanol–water partition coefficient (Wildman–Crippen LogP) is 4.59. The van der Waals surface area contributed by atoms with Crippen LogP contribution in [0.5, 0.6) is 5.75 Å². The lowest BCUT2D eigenvalue weighted by Gasteiger charge is -2.34. The molecule has 1 aliphatic carbocycles. The van der Waals surface area contributed by atoms with E-state index in [9.17, 15) is 13.6 Å². The number of hydrogen-bond donors (Lipinski definition) is 0. The van der Waals surface area contributed by atoms with Gasteiger partial charge in [-0.25, -0.2) is 13.6 Å². The maximum absolute atomic E-state index is 14.0. The minimum absolute atomic E-state index is 0.286. The zero-order valence-electron chi connectivity index (χ0n) is 15.3. The van der Waals surface area contributed by atoms with Gasteiger partial charge >= 0.3 is 5.97 Å². The van der Waals surface area contributed by atoms with Gasteiger partial charge in [0.1, 0.15) is 5.76 Å². The summed E-state index contributed by atoms with van der Waals surface area (Å²) in [5.74, 6) is -2.69. The highest BCUT2D eigenvalue weighted by atomic mass is 19.1. The van der Waals surface area contributed by atoms with Gasteiger partial charge in [0, 0.05) is 30.1 Å². The third kappa shape index (κ3) is 2.87. The van der Waals surface area contributed by atoms with Crippen LogP contribution >= 0.6 is 0 Å². The van der Waals surface area contributed by atoms with Gasteiger partial charge in [-0.15, -0.1) is 0 Å². The topological polar surface area (TPSA) is 38.8 Å². The van der Waals surface area contributed by atoms with E-state index in [1.165, 1.54) is 6.07 Å². The molecule has 0 atom stereocenters. The molecule has 0 saturated heterocycles. The first-order valence-electron chi connectivity index (χ1n) is 8.70. The van der Waals surface area contributed by atoms with Crippen LogP contribution in [0.3, 0.4) is 0 Å². The van der Waals surface area contributed by atoms with Crippen LogP contribution < -0.4 is 9.64 Å². The molecule has 4 nitrogen and oxygen atoms in total. The molecule has 0 amide bonds. The zero-order valence-corrected chi connectivity index (χ0v) is 15.3. The Balaban J connectivity index is 1.85. The highest BCUT2D eigenvalue weighted by Crippen LogP contribution is 2.43. The molecule has 1 aliphatic heterocycles. The van der Waals surface area contributed by atoms with Crippen molar-refractivity contribution in [3.8, 4) is 5.75 Å². The number of fused-ring (bicyclic) bond motifs is 2. The Morgan fingerprint density at radius 3 is 2.50 bits per heavy atom. The largest absolute Gasteiger partial charge is 0.497 e. The van der Waals surface area contributed by atoms with Crippen molar-refractivity contribution < 1.29 is 23.0 Å². The predicted molar refractivity (Wildman–Crippen MR) is 102 cm³/mol. The van der Waals surface area contributed by atoms with Gasteiger partial charge in [-0.05, 0) is 36.3 Å². The molecule has 2 aliphatic rings. The maximum Gasteiger partial charge on any atom is 0.344 e. The molecule has 0 unspecified atom stereocenters. The number of esters is 1. The molecule has 0 saturated carbocycles. The average Bonchev–Trinajstić information content (AvgIpc) is 2.71. The van der Waals surface area contributed by atoms with Gasteiger partial charge in [-0.1, -0.05) is 24.3 Å². The summed E-state index contributed by atoms with van der Waals surface area (Å²) in [6.45, 7) is 0. The summed E-state index contributed by atoms with van der Waals surface area (Å²) in [7, 11) is 3.46. The Bertz CT molecular complexity index is 1050. The fraction of sp³-hybridized carbons (Fsp3) is 0.136. The van der Waals surface area contributed by atoms with Crippen molar-refractivity contribution in [3.05, 3.63) is 88.8 Å². The summed E-state index contributed by atoms with van der Waals surface area (Å²) >= 11 is 0. The van der Waals surface area contributed by atoms with Crippen LogP contribution in [0, 0.1) is 11.6 Å². The van der Waals surface area contributed by atoms with Gasteiger partial charge in [-0.2, -0.15) is 0 Å². The van der Waals surface area contributed by atoms with Crippen LogP contribution in [-0.2, 0) is 9.53 Å². The number of nitrogens with zero attached hydrogens (tertiary/aromatic N) is 1. The lowest BCUT2D eigenvalue weighted by atomic mass is 9.87. The third-order valence-electron chi connectivity index (χ3n) is 4.85. The number of ether oxygens (including phenoxy) is 2. The van der Waals surface area contributed by atoms with Gasteiger partial charge in [0.2, 0.25) is 5.75 Å². The van der Waals surface area contributed by atoms with Crippen molar-refractivity contribution in [2.75, 3.05) is 19.1 Å². The van der Waals surface area contributed by atoms with E-state index in [1.807, 2.05) is 36.2 Å². The number of carbonyl (C=O) groups is 1. The first kappa shape index (κ1) is 18.0. The van der Waals surface area contributed by atoms with E-state index in [0.717, 1.165) is 23.5 Å².